The number of nitrogens with zero attached hydrogens (tertiary/aromatic N) is 1. The highest BCUT2D eigenvalue weighted by atomic mass is 35.5. The van der Waals surface area contributed by atoms with Crippen LogP contribution >= 0.6 is 46.8 Å². The zero-order valence-corrected chi connectivity index (χ0v) is 14.5. The van der Waals surface area contributed by atoms with Crippen LogP contribution in [-0.2, 0) is 9.59 Å². The minimum Gasteiger partial charge on any atom is -0.298 e. The molecule has 4 nitrogen and oxygen atoms in total. The first kappa shape index (κ1) is 16.1. The number of benzene rings is 1. The van der Waals surface area contributed by atoms with Crippen LogP contribution in [0.3, 0.4) is 0 Å². The van der Waals surface area contributed by atoms with Crippen molar-refractivity contribution in [1.82, 2.24) is 5.32 Å². The molecule has 0 radical (unpaired) electrons. The number of carbonyl (C=O) groups excluding carboxylic acids is 2. The molecule has 0 unspecified atom stereocenters. The third-order valence-electron chi connectivity index (χ3n) is 3.07. The van der Waals surface area contributed by atoms with Crippen molar-refractivity contribution in [2.24, 2.45) is 0 Å². The molecule has 1 aliphatic heterocycles. The summed E-state index contributed by atoms with van der Waals surface area (Å²) in [4.78, 5) is 26.7. The smallest absolute Gasteiger partial charge is 0.270 e. The fraction of sp³-hybridized carbons (Fsp3) is 0. The molecule has 23 heavy (non-hydrogen) atoms. The van der Waals surface area contributed by atoms with Crippen molar-refractivity contribution in [3.63, 3.8) is 0 Å². The minimum atomic E-state index is -0.533. The van der Waals surface area contributed by atoms with Gasteiger partial charge in [-0.25, -0.2) is 0 Å². The summed E-state index contributed by atoms with van der Waals surface area (Å²) < 4.78 is 0.575. The van der Waals surface area contributed by atoms with Crippen LogP contribution in [0.2, 0.25) is 9.36 Å². The van der Waals surface area contributed by atoms with E-state index in [1.54, 1.807) is 36.4 Å². The lowest BCUT2D eigenvalue weighted by Crippen LogP contribution is -2.54. The summed E-state index contributed by atoms with van der Waals surface area (Å²) in [5, 5.41) is 3.09. The second-order valence-corrected chi connectivity index (χ2v) is 7.15. The summed E-state index contributed by atoms with van der Waals surface area (Å²) in [5.41, 5.74) is 0.520. The van der Waals surface area contributed by atoms with Gasteiger partial charge in [0, 0.05) is 9.90 Å². The summed E-state index contributed by atoms with van der Waals surface area (Å²) in [6.07, 6.45) is 1.50. The number of hydrogen-bond acceptors (Lipinski definition) is 4. The van der Waals surface area contributed by atoms with E-state index in [0.29, 0.717) is 19.9 Å². The molecule has 1 saturated heterocycles. The monoisotopic (exact) mass is 382 g/mol. The molecule has 8 heteroatoms. The number of hydrogen-bond donors (Lipinski definition) is 1. The minimum absolute atomic E-state index is 0.00735. The summed E-state index contributed by atoms with van der Waals surface area (Å²) in [7, 11) is 0. The molecule has 0 saturated carbocycles. The van der Waals surface area contributed by atoms with Crippen molar-refractivity contribution in [3.05, 3.63) is 56.2 Å². The third kappa shape index (κ3) is 3.30. The lowest BCUT2D eigenvalue weighted by molar-refractivity contribution is -0.122. The Hall–Kier alpha value is -1.73. The van der Waals surface area contributed by atoms with Crippen LogP contribution in [0.25, 0.3) is 6.08 Å². The van der Waals surface area contributed by atoms with Gasteiger partial charge >= 0.3 is 0 Å². The predicted molar refractivity (Wildman–Crippen MR) is 97.0 cm³/mol. The van der Waals surface area contributed by atoms with Gasteiger partial charge in [-0.1, -0.05) is 23.2 Å². The van der Waals surface area contributed by atoms with E-state index in [0.717, 1.165) is 0 Å². The Balaban J connectivity index is 2.00. The fourth-order valence-corrected chi connectivity index (χ4v) is 3.44. The van der Waals surface area contributed by atoms with Crippen LogP contribution in [0.1, 0.15) is 4.88 Å². The number of amides is 2. The topological polar surface area (TPSA) is 49.4 Å². The van der Waals surface area contributed by atoms with Gasteiger partial charge in [-0.3, -0.25) is 19.8 Å². The Kier molecular flexibility index (Phi) is 4.50. The molecule has 0 atom stereocenters. The van der Waals surface area contributed by atoms with E-state index in [1.807, 2.05) is 0 Å². The molecule has 0 aliphatic carbocycles. The maximum Gasteiger partial charge on any atom is 0.270 e. The molecule has 1 N–H and O–H groups in total. The molecule has 2 heterocycles. The zero-order chi connectivity index (χ0) is 16.6. The number of nitrogens with one attached hydrogen (secondary N) is 1. The molecule has 0 spiro atoms. The van der Waals surface area contributed by atoms with Crippen molar-refractivity contribution in [2.75, 3.05) is 4.90 Å². The van der Waals surface area contributed by atoms with Gasteiger partial charge in [-0.2, -0.15) is 0 Å². The first-order chi connectivity index (χ1) is 11.0. The first-order valence-electron chi connectivity index (χ1n) is 6.38. The van der Waals surface area contributed by atoms with Crippen molar-refractivity contribution in [2.45, 2.75) is 0 Å². The molecule has 3 rings (SSSR count). The fourth-order valence-electron chi connectivity index (χ4n) is 2.03. The van der Waals surface area contributed by atoms with Crippen LogP contribution in [0.5, 0.6) is 0 Å². The van der Waals surface area contributed by atoms with E-state index in [4.69, 9.17) is 35.4 Å². The molecule has 1 aliphatic rings. The van der Waals surface area contributed by atoms with E-state index < -0.39 is 11.8 Å². The molecule has 2 amide bonds. The number of halogens is 2. The van der Waals surface area contributed by atoms with Crippen LogP contribution in [0.4, 0.5) is 5.69 Å². The summed E-state index contributed by atoms with van der Waals surface area (Å²) >= 11 is 18.1. The Bertz CT molecular complexity index is 843. The van der Waals surface area contributed by atoms with E-state index in [-0.39, 0.29) is 10.7 Å². The Morgan fingerprint density at radius 2 is 1.78 bits per heavy atom. The molecule has 116 valence electrons. The largest absolute Gasteiger partial charge is 0.298 e. The summed E-state index contributed by atoms with van der Waals surface area (Å²) in [6.45, 7) is 0. The highest BCUT2D eigenvalue weighted by molar-refractivity contribution is 7.80. The van der Waals surface area contributed by atoms with Crippen molar-refractivity contribution >= 4 is 75.4 Å². The predicted octanol–water partition coefficient (Wildman–Crippen LogP) is 3.89. The van der Waals surface area contributed by atoms with Gasteiger partial charge in [0.25, 0.3) is 11.8 Å². The SMILES string of the molecule is O=C1NC(=S)N(c2ccc(Cl)cc2)C(=O)/C1=C/c1ccc(Cl)s1. The van der Waals surface area contributed by atoms with Gasteiger partial charge < -0.3 is 0 Å². The van der Waals surface area contributed by atoms with E-state index in [2.05, 4.69) is 5.32 Å². The average molecular weight is 383 g/mol. The zero-order valence-electron chi connectivity index (χ0n) is 11.4. The maximum absolute atomic E-state index is 12.7. The number of carbonyl (C=O) groups is 2. The lowest BCUT2D eigenvalue weighted by Gasteiger charge is -2.28. The molecular formula is C15H8Cl2N2O2S2. The van der Waals surface area contributed by atoms with Crippen LogP contribution in [0.15, 0.2) is 42.0 Å². The Labute approximate surface area is 151 Å². The number of rotatable bonds is 2. The van der Waals surface area contributed by atoms with E-state index in [9.17, 15) is 9.59 Å². The van der Waals surface area contributed by atoms with Crippen LogP contribution in [0, 0.1) is 0 Å². The lowest BCUT2D eigenvalue weighted by atomic mass is 10.1. The van der Waals surface area contributed by atoms with Crippen LogP contribution < -0.4 is 10.2 Å². The average Bonchev–Trinajstić information content (AvgIpc) is 2.91. The number of thiophene rings is 1. The highest BCUT2D eigenvalue weighted by Gasteiger charge is 2.34. The van der Waals surface area contributed by atoms with Crippen molar-refractivity contribution in [3.8, 4) is 0 Å². The Morgan fingerprint density at radius 1 is 1.09 bits per heavy atom. The van der Waals surface area contributed by atoms with Gasteiger partial charge in [0.1, 0.15) is 5.57 Å². The third-order valence-corrected chi connectivity index (χ3v) is 4.78. The van der Waals surface area contributed by atoms with E-state index >= 15 is 0 Å². The van der Waals surface area contributed by atoms with Gasteiger partial charge in [0.15, 0.2) is 5.11 Å². The summed E-state index contributed by atoms with van der Waals surface area (Å²) in [5.74, 6) is -1.03. The van der Waals surface area contributed by atoms with Gasteiger partial charge in [0.05, 0.1) is 10.0 Å². The Morgan fingerprint density at radius 3 is 2.39 bits per heavy atom. The van der Waals surface area contributed by atoms with Crippen molar-refractivity contribution < 1.29 is 9.59 Å². The summed E-state index contributed by atoms with van der Waals surface area (Å²) in [6, 6.07) is 10.0. The second kappa shape index (κ2) is 6.41. The normalized spacial score (nSPS) is 16.9. The molecule has 0 bridgehead atoms. The molecular weight excluding hydrogens is 375 g/mol. The van der Waals surface area contributed by atoms with Gasteiger partial charge in [-0.05, 0) is 54.7 Å². The highest BCUT2D eigenvalue weighted by Crippen LogP contribution is 2.27. The molecule has 1 aromatic carbocycles. The van der Waals surface area contributed by atoms with Gasteiger partial charge in [0.2, 0.25) is 0 Å². The van der Waals surface area contributed by atoms with Crippen LogP contribution in [-0.4, -0.2) is 16.9 Å². The standard InChI is InChI=1S/C15H8Cl2N2O2S2/c16-8-1-3-9(4-2-8)19-14(21)11(13(20)18-15(19)22)7-10-5-6-12(17)23-10/h1-7H,(H,18,20,22)/b11-7+. The van der Waals surface area contributed by atoms with Crippen molar-refractivity contribution in [1.29, 1.82) is 0 Å². The molecule has 2 aromatic rings. The number of thiocarbonyl (C=S) groups is 1. The quantitative estimate of drug-likeness (QED) is 0.486. The first-order valence-corrected chi connectivity index (χ1v) is 8.36. The second-order valence-electron chi connectivity index (χ2n) is 4.58. The molecule has 1 fully saturated rings. The van der Waals surface area contributed by atoms with E-state index in [1.165, 1.54) is 22.3 Å². The maximum atomic E-state index is 12.7. The van der Waals surface area contributed by atoms with Gasteiger partial charge in [-0.15, -0.1) is 11.3 Å². The number of anilines is 1. The molecule has 1 aromatic heterocycles.